The van der Waals surface area contributed by atoms with Crippen LogP contribution < -0.4 is 10.1 Å². The Labute approximate surface area is 180 Å². The highest BCUT2D eigenvalue weighted by Crippen LogP contribution is 2.17. The van der Waals surface area contributed by atoms with E-state index in [0.717, 1.165) is 22.4 Å². The van der Waals surface area contributed by atoms with Crippen molar-refractivity contribution >= 4 is 11.8 Å². The molecule has 0 aliphatic carbocycles. The van der Waals surface area contributed by atoms with Gasteiger partial charge in [0.1, 0.15) is 11.8 Å². The number of rotatable bonds is 7. The first-order valence-electron chi connectivity index (χ1n) is 10.3. The molecule has 1 N–H and O–H groups in total. The summed E-state index contributed by atoms with van der Waals surface area (Å²) < 4.78 is 5.22. The minimum Gasteiger partial charge on any atom is -0.497 e. The van der Waals surface area contributed by atoms with Gasteiger partial charge in [0, 0.05) is 12.1 Å². The Morgan fingerprint density at radius 2 is 1.60 bits per heavy atom. The van der Waals surface area contributed by atoms with Crippen LogP contribution in [-0.2, 0) is 22.6 Å². The quantitative estimate of drug-likeness (QED) is 0.745. The number of ether oxygens (including phenoxy) is 1. The monoisotopic (exact) mass is 410 g/mol. The second-order valence-electron chi connectivity index (χ2n) is 8.88. The maximum absolute atomic E-state index is 13.3. The van der Waals surface area contributed by atoms with Crippen LogP contribution in [0.3, 0.4) is 0 Å². The van der Waals surface area contributed by atoms with E-state index >= 15 is 0 Å². The predicted molar refractivity (Wildman–Crippen MR) is 121 cm³/mol. The van der Waals surface area contributed by atoms with E-state index in [9.17, 15) is 9.59 Å². The van der Waals surface area contributed by atoms with E-state index in [-0.39, 0.29) is 23.8 Å². The number of carbonyl (C=O) groups is 2. The molecule has 2 aromatic rings. The van der Waals surface area contributed by atoms with Gasteiger partial charge in [0.05, 0.1) is 13.5 Å². The van der Waals surface area contributed by atoms with Gasteiger partial charge in [0.2, 0.25) is 11.8 Å². The molecule has 162 valence electrons. The largest absolute Gasteiger partial charge is 0.497 e. The molecule has 0 spiro atoms. The number of aryl methyl sites for hydroxylation is 2. The summed E-state index contributed by atoms with van der Waals surface area (Å²) in [4.78, 5) is 27.7. The molecule has 2 aromatic carbocycles. The van der Waals surface area contributed by atoms with Gasteiger partial charge in [-0.25, -0.2) is 0 Å². The van der Waals surface area contributed by atoms with Crippen LogP contribution in [0, 0.1) is 13.8 Å². The van der Waals surface area contributed by atoms with Crippen LogP contribution in [0.15, 0.2) is 42.5 Å². The second-order valence-corrected chi connectivity index (χ2v) is 8.88. The standard InChI is InChI=1S/C25H34N2O3/c1-17-8-9-21(14-18(17)2)15-23(28)27(19(3)24(29)26-25(4,5)6)16-20-10-12-22(30-7)13-11-20/h8-14,19H,15-16H2,1-7H3,(H,26,29)/t19-/m1/s1. The van der Waals surface area contributed by atoms with Gasteiger partial charge in [-0.15, -0.1) is 0 Å². The molecule has 2 amide bonds. The van der Waals surface area contributed by atoms with E-state index in [1.165, 1.54) is 5.56 Å². The average Bonchev–Trinajstić information content (AvgIpc) is 2.67. The molecule has 0 saturated heterocycles. The maximum Gasteiger partial charge on any atom is 0.242 e. The fourth-order valence-electron chi connectivity index (χ4n) is 3.17. The van der Waals surface area contributed by atoms with Crippen molar-refractivity contribution in [3.8, 4) is 5.75 Å². The number of hydrogen-bond donors (Lipinski definition) is 1. The summed E-state index contributed by atoms with van der Waals surface area (Å²) in [7, 11) is 1.62. The van der Waals surface area contributed by atoms with Crippen molar-refractivity contribution in [1.82, 2.24) is 10.2 Å². The average molecular weight is 411 g/mol. The zero-order chi connectivity index (χ0) is 22.5. The zero-order valence-electron chi connectivity index (χ0n) is 19.2. The Morgan fingerprint density at radius 3 is 2.13 bits per heavy atom. The van der Waals surface area contributed by atoms with Crippen molar-refractivity contribution in [2.75, 3.05) is 7.11 Å². The van der Waals surface area contributed by atoms with Crippen molar-refractivity contribution in [2.45, 2.75) is 66.1 Å². The number of hydrogen-bond acceptors (Lipinski definition) is 3. The van der Waals surface area contributed by atoms with Crippen LogP contribution in [-0.4, -0.2) is 35.4 Å². The van der Waals surface area contributed by atoms with Crippen LogP contribution in [0.4, 0.5) is 0 Å². The van der Waals surface area contributed by atoms with Crippen molar-refractivity contribution in [2.24, 2.45) is 0 Å². The molecule has 2 rings (SSSR count). The van der Waals surface area contributed by atoms with Gasteiger partial charge < -0.3 is 15.0 Å². The lowest BCUT2D eigenvalue weighted by Crippen LogP contribution is -2.52. The predicted octanol–water partition coefficient (Wildman–Crippen LogP) is 4.19. The number of carbonyl (C=O) groups excluding carboxylic acids is 2. The van der Waals surface area contributed by atoms with E-state index in [0.29, 0.717) is 6.54 Å². The molecule has 5 nitrogen and oxygen atoms in total. The van der Waals surface area contributed by atoms with E-state index < -0.39 is 6.04 Å². The van der Waals surface area contributed by atoms with Gasteiger partial charge in [0.25, 0.3) is 0 Å². The molecule has 0 radical (unpaired) electrons. The lowest BCUT2D eigenvalue weighted by atomic mass is 10.0. The third-order valence-corrected chi connectivity index (χ3v) is 5.10. The van der Waals surface area contributed by atoms with Crippen LogP contribution in [0.1, 0.15) is 49.9 Å². The van der Waals surface area contributed by atoms with Crippen molar-refractivity contribution < 1.29 is 14.3 Å². The summed E-state index contributed by atoms with van der Waals surface area (Å²) >= 11 is 0. The Bertz CT molecular complexity index is 882. The molecule has 0 heterocycles. The highest BCUT2D eigenvalue weighted by Gasteiger charge is 2.28. The summed E-state index contributed by atoms with van der Waals surface area (Å²) in [6.45, 7) is 12.0. The number of methoxy groups -OCH3 is 1. The Balaban J connectivity index is 2.26. The summed E-state index contributed by atoms with van der Waals surface area (Å²) in [6, 6.07) is 13.0. The fourth-order valence-corrected chi connectivity index (χ4v) is 3.17. The van der Waals surface area contributed by atoms with Crippen LogP contribution >= 0.6 is 0 Å². The van der Waals surface area contributed by atoms with Crippen LogP contribution in [0.2, 0.25) is 0 Å². The molecule has 0 bridgehead atoms. The second kappa shape index (κ2) is 9.79. The molecular weight excluding hydrogens is 376 g/mol. The number of benzene rings is 2. The minimum atomic E-state index is -0.592. The molecule has 0 saturated carbocycles. The molecule has 5 heteroatoms. The molecule has 0 aliphatic heterocycles. The maximum atomic E-state index is 13.3. The SMILES string of the molecule is COc1ccc(CN(C(=O)Cc2ccc(C)c(C)c2)[C@H](C)C(=O)NC(C)(C)C)cc1. The lowest BCUT2D eigenvalue weighted by molar-refractivity contribution is -0.140. The smallest absolute Gasteiger partial charge is 0.242 e. The van der Waals surface area contributed by atoms with E-state index in [4.69, 9.17) is 4.74 Å². The normalized spacial score (nSPS) is 12.2. The van der Waals surface area contributed by atoms with Crippen molar-refractivity contribution in [3.05, 3.63) is 64.7 Å². The van der Waals surface area contributed by atoms with Crippen molar-refractivity contribution in [3.63, 3.8) is 0 Å². The molecular formula is C25H34N2O3. The molecule has 0 aromatic heterocycles. The van der Waals surface area contributed by atoms with Gasteiger partial charge in [-0.3, -0.25) is 9.59 Å². The Morgan fingerprint density at radius 1 is 1.00 bits per heavy atom. The van der Waals surface area contributed by atoms with E-state index in [2.05, 4.69) is 12.2 Å². The molecule has 1 atom stereocenters. The molecule has 0 aliphatic rings. The van der Waals surface area contributed by atoms with Gasteiger partial charge >= 0.3 is 0 Å². The number of amides is 2. The Kier molecular flexibility index (Phi) is 7.65. The van der Waals surface area contributed by atoms with Crippen LogP contribution in [0.25, 0.3) is 0 Å². The first-order valence-corrected chi connectivity index (χ1v) is 10.3. The third-order valence-electron chi connectivity index (χ3n) is 5.10. The molecule has 30 heavy (non-hydrogen) atoms. The minimum absolute atomic E-state index is 0.0781. The first kappa shape index (κ1) is 23.5. The van der Waals surface area contributed by atoms with Gasteiger partial charge in [0.15, 0.2) is 0 Å². The fraction of sp³-hybridized carbons (Fsp3) is 0.440. The summed E-state index contributed by atoms with van der Waals surface area (Å²) in [6.07, 6.45) is 0.254. The summed E-state index contributed by atoms with van der Waals surface area (Å²) in [5.74, 6) is 0.514. The zero-order valence-corrected chi connectivity index (χ0v) is 19.2. The van der Waals surface area contributed by atoms with E-state index in [1.807, 2.05) is 70.2 Å². The van der Waals surface area contributed by atoms with Gasteiger partial charge in [-0.2, -0.15) is 0 Å². The Hall–Kier alpha value is -2.82. The lowest BCUT2D eigenvalue weighted by Gasteiger charge is -2.31. The highest BCUT2D eigenvalue weighted by atomic mass is 16.5. The number of nitrogens with zero attached hydrogens (tertiary/aromatic N) is 1. The molecule has 0 fully saturated rings. The van der Waals surface area contributed by atoms with Gasteiger partial charge in [-0.1, -0.05) is 30.3 Å². The highest BCUT2D eigenvalue weighted by molar-refractivity contribution is 5.88. The first-order chi connectivity index (χ1) is 14.0. The number of nitrogens with one attached hydrogen (secondary N) is 1. The summed E-state index contributed by atoms with van der Waals surface area (Å²) in [5, 5.41) is 2.99. The third kappa shape index (κ3) is 6.61. The summed E-state index contributed by atoms with van der Waals surface area (Å²) in [5.41, 5.74) is 3.87. The van der Waals surface area contributed by atoms with Crippen LogP contribution in [0.5, 0.6) is 5.75 Å². The molecule has 0 unspecified atom stereocenters. The van der Waals surface area contributed by atoms with Crippen molar-refractivity contribution in [1.29, 1.82) is 0 Å². The van der Waals surface area contributed by atoms with Gasteiger partial charge in [-0.05, 0) is 75.9 Å². The topological polar surface area (TPSA) is 58.6 Å². The van der Waals surface area contributed by atoms with E-state index in [1.54, 1.807) is 18.9 Å².